The molecule has 0 bridgehead atoms. The van der Waals surface area contributed by atoms with Crippen molar-refractivity contribution in [2.75, 3.05) is 18.8 Å². The van der Waals surface area contributed by atoms with Crippen LogP contribution in [0.2, 0.25) is 0 Å². The van der Waals surface area contributed by atoms with Crippen LogP contribution in [0.15, 0.2) is 35.3 Å². The molecule has 0 heterocycles. The molecule has 0 saturated heterocycles. The Morgan fingerprint density at radius 3 is 2.72 bits per heavy atom. The lowest BCUT2D eigenvalue weighted by Gasteiger charge is -2.30. The van der Waals surface area contributed by atoms with Crippen molar-refractivity contribution >= 4 is 16.8 Å². The maximum absolute atomic E-state index is 12.1. The van der Waals surface area contributed by atoms with E-state index in [0.717, 1.165) is 50.5 Å². The molecule has 1 aromatic carbocycles. The van der Waals surface area contributed by atoms with E-state index in [1.165, 1.54) is 5.56 Å². The highest BCUT2D eigenvalue weighted by molar-refractivity contribution is 7.85. The number of aliphatic imine (C=N–C) groups is 1. The molecule has 0 aromatic heterocycles. The van der Waals surface area contributed by atoms with Crippen molar-refractivity contribution in [3.05, 3.63) is 35.9 Å². The van der Waals surface area contributed by atoms with Crippen LogP contribution in [0, 0.1) is 0 Å². The Hall–Kier alpha value is -1.36. The zero-order valence-electron chi connectivity index (χ0n) is 15.8. The van der Waals surface area contributed by atoms with Gasteiger partial charge in [-0.1, -0.05) is 50.6 Å². The Labute approximate surface area is 155 Å². The third kappa shape index (κ3) is 6.46. The standard InChI is InChI=1S/C20H33N3OS/c1-4-21-20(22-15-16(3)17-10-7-6-8-11-17)23-18-12-9-13-19(14-18)25(24)5-2/h6-8,10-11,16,18-19H,4-5,9,12-15H2,1-3H3,(H2,21,22,23). The minimum Gasteiger partial charge on any atom is -0.357 e. The van der Waals surface area contributed by atoms with Crippen molar-refractivity contribution in [3.63, 3.8) is 0 Å². The predicted octanol–water partition coefficient (Wildman–Crippen LogP) is 3.43. The number of hydrogen-bond acceptors (Lipinski definition) is 2. The second-order valence-corrected chi connectivity index (χ2v) is 8.84. The van der Waals surface area contributed by atoms with E-state index in [0.29, 0.717) is 17.2 Å². The highest BCUT2D eigenvalue weighted by Crippen LogP contribution is 2.23. The van der Waals surface area contributed by atoms with Crippen LogP contribution in [0.3, 0.4) is 0 Å². The minimum absolute atomic E-state index is 0.336. The third-order valence-electron chi connectivity index (χ3n) is 4.86. The van der Waals surface area contributed by atoms with Crippen LogP contribution < -0.4 is 10.6 Å². The average Bonchev–Trinajstić information content (AvgIpc) is 2.66. The summed E-state index contributed by atoms with van der Waals surface area (Å²) >= 11 is 0. The molecule has 1 fully saturated rings. The van der Waals surface area contributed by atoms with E-state index in [2.05, 4.69) is 48.7 Å². The summed E-state index contributed by atoms with van der Waals surface area (Å²) in [6.45, 7) is 7.93. The monoisotopic (exact) mass is 363 g/mol. The lowest BCUT2D eigenvalue weighted by Crippen LogP contribution is -2.46. The van der Waals surface area contributed by atoms with Crippen LogP contribution in [0.4, 0.5) is 0 Å². The number of rotatable bonds is 7. The van der Waals surface area contributed by atoms with Crippen LogP contribution >= 0.6 is 0 Å². The molecule has 25 heavy (non-hydrogen) atoms. The van der Waals surface area contributed by atoms with Crippen LogP contribution in [-0.4, -0.2) is 40.3 Å². The summed E-state index contributed by atoms with van der Waals surface area (Å²) in [6.07, 6.45) is 4.36. The first-order valence-electron chi connectivity index (χ1n) is 9.61. The first-order chi connectivity index (χ1) is 12.1. The van der Waals surface area contributed by atoms with Crippen LogP contribution in [-0.2, 0) is 10.8 Å². The molecule has 1 aliphatic carbocycles. The van der Waals surface area contributed by atoms with Gasteiger partial charge in [0.15, 0.2) is 5.96 Å². The predicted molar refractivity (Wildman–Crippen MR) is 109 cm³/mol. The van der Waals surface area contributed by atoms with Gasteiger partial charge in [-0.2, -0.15) is 0 Å². The van der Waals surface area contributed by atoms with E-state index in [9.17, 15) is 4.21 Å². The van der Waals surface area contributed by atoms with Crippen molar-refractivity contribution in [2.24, 2.45) is 4.99 Å². The molecule has 140 valence electrons. The SMILES string of the molecule is CCNC(=NCC(C)c1ccccc1)NC1CCCC(S(=O)CC)C1. The normalized spacial score (nSPS) is 23.7. The molecule has 0 amide bonds. The van der Waals surface area contributed by atoms with Crippen molar-refractivity contribution in [3.8, 4) is 0 Å². The van der Waals surface area contributed by atoms with Gasteiger partial charge in [-0.25, -0.2) is 0 Å². The number of hydrogen-bond donors (Lipinski definition) is 2. The fraction of sp³-hybridized carbons (Fsp3) is 0.650. The van der Waals surface area contributed by atoms with Crippen molar-refractivity contribution in [1.29, 1.82) is 0 Å². The molecule has 5 heteroatoms. The molecule has 4 nitrogen and oxygen atoms in total. The van der Waals surface area contributed by atoms with E-state index in [1.54, 1.807) is 0 Å². The molecule has 1 aromatic rings. The van der Waals surface area contributed by atoms with Gasteiger partial charge < -0.3 is 10.6 Å². The maximum atomic E-state index is 12.1. The van der Waals surface area contributed by atoms with Gasteiger partial charge in [0.05, 0.1) is 0 Å². The lowest BCUT2D eigenvalue weighted by atomic mass is 9.95. The number of benzene rings is 1. The van der Waals surface area contributed by atoms with Crippen molar-refractivity contribution in [2.45, 2.75) is 63.7 Å². The van der Waals surface area contributed by atoms with Crippen LogP contribution in [0.5, 0.6) is 0 Å². The lowest BCUT2D eigenvalue weighted by molar-refractivity contribution is 0.413. The van der Waals surface area contributed by atoms with Gasteiger partial charge in [-0.05, 0) is 31.7 Å². The molecule has 2 rings (SSSR count). The summed E-state index contributed by atoms with van der Waals surface area (Å²) in [5.74, 6) is 2.04. The van der Waals surface area contributed by atoms with Gasteiger partial charge in [0.25, 0.3) is 0 Å². The van der Waals surface area contributed by atoms with Crippen molar-refractivity contribution in [1.82, 2.24) is 10.6 Å². The first-order valence-corrected chi connectivity index (χ1v) is 11.0. The van der Waals surface area contributed by atoms with Crippen LogP contribution in [0.25, 0.3) is 0 Å². The largest absolute Gasteiger partial charge is 0.357 e. The highest BCUT2D eigenvalue weighted by atomic mass is 32.2. The number of nitrogens with one attached hydrogen (secondary N) is 2. The van der Waals surface area contributed by atoms with E-state index >= 15 is 0 Å². The third-order valence-corrected chi connectivity index (χ3v) is 6.60. The molecule has 1 saturated carbocycles. The molecule has 4 atom stereocenters. The Morgan fingerprint density at radius 1 is 1.28 bits per heavy atom. The minimum atomic E-state index is -0.689. The molecule has 0 spiro atoms. The summed E-state index contributed by atoms with van der Waals surface area (Å²) in [5, 5.41) is 7.27. The van der Waals surface area contributed by atoms with E-state index < -0.39 is 10.8 Å². The fourth-order valence-electron chi connectivity index (χ4n) is 3.38. The molecule has 0 radical (unpaired) electrons. The zero-order valence-corrected chi connectivity index (χ0v) is 16.6. The summed E-state index contributed by atoms with van der Waals surface area (Å²) in [4.78, 5) is 4.79. The van der Waals surface area contributed by atoms with Gasteiger partial charge in [-0.15, -0.1) is 0 Å². The summed E-state index contributed by atoms with van der Waals surface area (Å²) in [6, 6.07) is 10.9. The number of guanidine groups is 1. The smallest absolute Gasteiger partial charge is 0.191 e. The van der Waals surface area contributed by atoms with E-state index in [4.69, 9.17) is 4.99 Å². The van der Waals surface area contributed by atoms with E-state index in [-0.39, 0.29) is 0 Å². The Bertz CT molecular complexity index is 561. The van der Waals surface area contributed by atoms with Gasteiger partial charge in [0.1, 0.15) is 0 Å². The molecule has 2 N–H and O–H groups in total. The molecule has 0 aliphatic heterocycles. The van der Waals surface area contributed by atoms with Gasteiger partial charge in [0, 0.05) is 46.9 Å². The molecular weight excluding hydrogens is 330 g/mol. The van der Waals surface area contributed by atoms with Crippen molar-refractivity contribution < 1.29 is 4.21 Å². The second kappa shape index (κ2) is 10.6. The van der Waals surface area contributed by atoms with Gasteiger partial charge in [-0.3, -0.25) is 9.20 Å². The molecule has 4 unspecified atom stereocenters. The van der Waals surface area contributed by atoms with Gasteiger partial charge in [0.2, 0.25) is 0 Å². The average molecular weight is 364 g/mol. The summed E-state index contributed by atoms with van der Waals surface area (Å²) in [7, 11) is -0.689. The quantitative estimate of drug-likeness (QED) is 0.576. The second-order valence-electron chi connectivity index (χ2n) is 6.83. The first kappa shape index (κ1) is 20.0. The topological polar surface area (TPSA) is 53.5 Å². The Kier molecular flexibility index (Phi) is 8.45. The van der Waals surface area contributed by atoms with E-state index in [1.807, 2.05) is 13.0 Å². The van der Waals surface area contributed by atoms with Gasteiger partial charge >= 0.3 is 0 Å². The maximum Gasteiger partial charge on any atom is 0.191 e. The zero-order chi connectivity index (χ0) is 18.1. The van der Waals surface area contributed by atoms with Crippen LogP contribution in [0.1, 0.15) is 57.9 Å². The molecule has 1 aliphatic rings. The number of nitrogens with zero attached hydrogens (tertiary/aromatic N) is 1. The Morgan fingerprint density at radius 2 is 2.04 bits per heavy atom. The fourth-order valence-corrected chi connectivity index (χ4v) is 4.73. The summed E-state index contributed by atoms with van der Waals surface area (Å²) in [5.41, 5.74) is 1.32. The highest BCUT2D eigenvalue weighted by Gasteiger charge is 2.26. The Balaban J connectivity index is 1.94. The molecular formula is C20H33N3OS. The summed E-state index contributed by atoms with van der Waals surface area (Å²) < 4.78 is 12.1.